The van der Waals surface area contributed by atoms with E-state index >= 15 is 0 Å². The number of rotatable bonds is 8. The van der Waals surface area contributed by atoms with Crippen molar-refractivity contribution in [2.45, 2.75) is 39.2 Å². The Hall–Kier alpha value is -2.00. The third kappa shape index (κ3) is 6.33. The van der Waals surface area contributed by atoms with E-state index in [1.54, 1.807) is 24.3 Å². The molecule has 4 heteroatoms. The van der Waals surface area contributed by atoms with E-state index in [-0.39, 0.29) is 5.97 Å². The summed E-state index contributed by atoms with van der Waals surface area (Å²) in [6.07, 6.45) is 3.47. The smallest absolute Gasteiger partial charge is 0.311 e. The van der Waals surface area contributed by atoms with Crippen molar-refractivity contribution in [3.63, 3.8) is 0 Å². The molecule has 0 saturated carbocycles. The van der Waals surface area contributed by atoms with Crippen molar-refractivity contribution in [2.75, 3.05) is 0 Å². The van der Waals surface area contributed by atoms with Gasteiger partial charge in [-0.3, -0.25) is 4.79 Å². The summed E-state index contributed by atoms with van der Waals surface area (Å²) in [5.41, 5.74) is 1.04. The first-order valence-corrected chi connectivity index (χ1v) is 8.23. The summed E-state index contributed by atoms with van der Waals surface area (Å²) < 4.78 is 11.0. The molecule has 122 valence electrons. The molecule has 3 nitrogen and oxygen atoms in total. The number of carbonyl (C=O) groups excluding carboxylic acids is 1. The number of halogens is 1. The molecule has 0 N–H and O–H groups in total. The molecule has 0 radical (unpaired) electrons. The maximum absolute atomic E-state index is 11.6. The molecular formula is C19H21ClO3. The molecule has 0 heterocycles. The Morgan fingerprint density at radius 1 is 0.957 bits per heavy atom. The normalized spacial score (nSPS) is 10.3. The first-order valence-electron chi connectivity index (χ1n) is 7.85. The zero-order valence-corrected chi connectivity index (χ0v) is 14.0. The van der Waals surface area contributed by atoms with Gasteiger partial charge in [-0.15, -0.1) is 0 Å². The average molecular weight is 333 g/mol. The lowest BCUT2D eigenvalue weighted by molar-refractivity contribution is -0.134. The second kappa shape index (κ2) is 9.21. The summed E-state index contributed by atoms with van der Waals surface area (Å²) in [7, 11) is 0. The largest absolute Gasteiger partial charge is 0.489 e. The molecular weight excluding hydrogens is 312 g/mol. The van der Waals surface area contributed by atoms with Crippen LogP contribution in [0.1, 0.15) is 38.2 Å². The van der Waals surface area contributed by atoms with Crippen molar-refractivity contribution in [1.29, 1.82) is 0 Å². The maximum atomic E-state index is 11.6. The van der Waals surface area contributed by atoms with Gasteiger partial charge in [-0.1, -0.05) is 43.5 Å². The summed E-state index contributed by atoms with van der Waals surface area (Å²) >= 11 is 5.85. The quantitative estimate of drug-likeness (QED) is 0.368. The number of hydrogen-bond donors (Lipinski definition) is 0. The molecule has 0 aromatic heterocycles. The Morgan fingerprint density at radius 2 is 1.61 bits per heavy atom. The standard InChI is InChI=1S/C19H21ClO3/c1-2-3-4-5-19(21)23-18-12-10-17(11-13-18)22-14-15-6-8-16(20)9-7-15/h6-13H,2-5,14H2,1H3. The molecule has 0 saturated heterocycles. The molecule has 0 unspecified atom stereocenters. The molecule has 2 aromatic rings. The van der Waals surface area contributed by atoms with Crippen molar-refractivity contribution >= 4 is 17.6 Å². The monoisotopic (exact) mass is 332 g/mol. The van der Waals surface area contributed by atoms with Gasteiger partial charge in [0.1, 0.15) is 18.1 Å². The summed E-state index contributed by atoms with van der Waals surface area (Å²) in [5, 5.41) is 0.707. The highest BCUT2D eigenvalue weighted by Crippen LogP contribution is 2.20. The van der Waals surface area contributed by atoms with Crippen LogP contribution in [-0.2, 0) is 11.4 Å². The van der Waals surface area contributed by atoms with Gasteiger partial charge in [0.2, 0.25) is 0 Å². The van der Waals surface area contributed by atoms with Crippen LogP contribution in [0.2, 0.25) is 5.02 Å². The molecule has 0 atom stereocenters. The third-order valence-corrected chi connectivity index (χ3v) is 3.61. The van der Waals surface area contributed by atoms with Crippen LogP contribution in [0.15, 0.2) is 48.5 Å². The summed E-state index contributed by atoms with van der Waals surface area (Å²) in [5.74, 6) is 1.09. The molecule has 0 spiro atoms. The van der Waals surface area contributed by atoms with Gasteiger partial charge in [0, 0.05) is 11.4 Å². The van der Waals surface area contributed by atoms with Gasteiger partial charge in [-0.25, -0.2) is 0 Å². The number of unbranched alkanes of at least 4 members (excludes halogenated alkanes) is 2. The van der Waals surface area contributed by atoms with Gasteiger partial charge in [0.25, 0.3) is 0 Å². The van der Waals surface area contributed by atoms with Crippen molar-refractivity contribution in [2.24, 2.45) is 0 Å². The highest BCUT2D eigenvalue weighted by atomic mass is 35.5. The van der Waals surface area contributed by atoms with Crippen LogP contribution in [0.5, 0.6) is 11.5 Å². The van der Waals surface area contributed by atoms with Gasteiger partial charge in [-0.2, -0.15) is 0 Å². The maximum Gasteiger partial charge on any atom is 0.311 e. The van der Waals surface area contributed by atoms with Crippen LogP contribution in [0.25, 0.3) is 0 Å². The van der Waals surface area contributed by atoms with Crippen LogP contribution < -0.4 is 9.47 Å². The predicted molar refractivity (Wildman–Crippen MR) is 92.0 cm³/mol. The molecule has 0 aliphatic carbocycles. The third-order valence-electron chi connectivity index (χ3n) is 3.36. The second-order valence-corrected chi connectivity index (χ2v) is 5.75. The van der Waals surface area contributed by atoms with Crippen molar-refractivity contribution < 1.29 is 14.3 Å². The summed E-state index contributed by atoms with van der Waals surface area (Å²) in [6.45, 7) is 2.57. The van der Waals surface area contributed by atoms with Crippen LogP contribution >= 0.6 is 11.6 Å². The average Bonchev–Trinajstić information content (AvgIpc) is 2.56. The van der Waals surface area contributed by atoms with Gasteiger partial charge < -0.3 is 9.47 Å². The predicted octanol–water partition coefficient (Wildman–Crippen LogP) is 5.40. The van der Waals surface area contributed by atoms with E-state index in [9.17, 15) is 4.79 Å². The summed E-state index contributed by atoms with van der Waals surface area (Å²) in [6, 6.07) is 14.6. The minimum Gasteiger partial charge on any atom is -0.489 e. The zero-order valence-electron chi connectivity index (χ0n) is 13.3. The first-order chi connectivity index (χ1) is 11.2. The van der Waals surface area contributed by atoms with Gasteiger partial charge >= 0.3 is 5.97 Å². The lowest BCUT2D eigenvalue weighted by Crippen LogP contribution is -2.07. The number of hydrogen-bond acceptors (Lipinski definition) is 3. The number of benzene rings is 2. The number of ether oxygens (including phenoxy) is 2. The fraction of sp³-hybridized carbons (Fsp3) is 0.316. The van der Waals surface area contributed by atoms with E-state index in [1.165, 1.54) is 0 Å². The number of esters is 1. The van der Waals surface area contributed by atoms with Gasteiger partial charge in [0.15, 0.2) is 0 Å². The van der Waals surface area contributed by atoms with Crippen LogP contribution in [-0.4, -0.2) is 5.97 Å². The SMILES string of the molecule is CCCCCC(=O)Oc1ccc(OCc2ccc(Cl)cc2)cc1. The van der Waals surface area contributed by atoms with E-state index in [2.05, 4.69) is 6.92 Å². The Bertz CT molecular complexity index is 606. The van der Waals surface area contributed by atoms with Crippen molar-refractivity contribution in [1.82, 2.24) is 0 Å². The van der Waals surface area contributed by atoms with E-state index in [1.807, 2.05) is 24.3 Å². The molecule has 0 aliphatic heterocycles. The fourth-order valence-electron chi connectivity index (χ4n) is 2.05. The van der Waals surface area contributed by atoms with Crippen LogP contribution in [0, 0.1) is 0 Å². The second-order valence-electron chi connectivity index (χ2n) is 5.32. The molecule has 0 aliphatic rings. The highest BCUT2D eigenvalue weighted by Gasteiger charge is 2.05. The topological polar surface area (TPSA) is 35.5 Å². The Morgan fingerprint density at radius 3 is 2.26 bits per heavy atom. The fourth-order valence-corrected chi connectivity index (χ4v) is 2.18. The molecule has 0 amide bonds. The lowest BCUT2D eigenvalue weighted by Gasteiger charge is -2.08. The van der Waals surface area contributed by atoms with E-state index < -0.39 is 0 Å². The molecule has 0 fully saturated rings. The van der Waals surface area contributed by atoms with Crippen molar-refractivity contribution in [3.05, 3.63) is 59.1 Å². The minimum absolute atomic E-state index is 0.187. The van der Waals surface area contributed by atoms with E-state index in [0.717, 1.165) is 30.6 Å². The minimum atomic E-state index is -0.187. The number of carbonyl (C=O) groups is 1. The van der Waals surface area contributed by atoms with E-state index in [4.69, 9.17) is 21.1 Å². The Labute approximate surface area is 142 Å². The van der Waals surface area contributed by atoms with E-state index in [0.29, 0.717) is 23.8 Å². The highest BCUT2D eigenvalue weighted by molar-refractivity contribution is 6.30. The van der Waals surface area contributed by atoms with Crippen molar-refractivity contribution in [3.8, 4) is 11.5 Å². The molecule has 0 bridgehead atoms. The van der Waals surface area contributed by atoms with Gasteiger partial charge in [-0.05, 0) is 48.4 Å². The van der Waals surface area contributed by atoms with Gasteiger partial charge in [0.05, 0.1) is 0 Å². The first kappa shape index (κ1) is 17.4. The Kier molecular flexibility index (Phi) is 6.95. The molecule has 2 aromatic carbocycles. The lowest BCUT2D eigenvalue weighted by atomic mass is 10.2. The van der Waals surface area contributed by atoms with Crippen LogP contribution in [0.4, 0.5) is 0 Å². The Balaban J connectivity index is 1.79. The molecule has 2 rings (SSSR count). The summed E-state index contributed by atoms with van der Waals surface area (Å²) in [4.78, 5) is 11.6. The zero-order chi connectivity index (χ0) is 16.5. The van der Waals surface area contributed by atoms with Crippen LogP contribution in [0.3, 0.4) is 0 Å². The molecule has 23 heavy (non-hydrogen) atoms.